The minimum absolute atomic E-state index is 0. The van der Waals surface area contributed by atoms with E-state index in [1.54, 1.807) is 36.8 Å². The van der Waals surface area contributed by atoms with E-state index in [2.05, 4.69) is 264 Å². The van der Waals surface area contributed by atoms with Gasteiger partial charge in [-0.3, -0.25) is 59.3 Å². The minimum Gasteiger partial charge on any atom is -0.444 e. The molecule has 0 radical (unpaired) electrons. The van der Waals surface area contributed by atoms with Gasteiger partial charge in [-0.05, 0) is 292 Å². The number of likely N-dealkylation sites (tertiary alicyclic amines) is 4. The number of hydrogen-bond acceptors (Lipinski definition) is 21. The highest BCUT2D eigenvalue weighted by atomic mass is 79.9. The van der Waals surface area contributed by atoms with Crippen molar-refractivity contribution in [3.05, 3.63) is 276 Å². The van der Waals surface area contributed by atoms with Crippen LogP contribution in [0.25, 0.3) is 77.0 Å². The average Bonchev–Trinajstić information content (AvgIpc) is 1.63. The number of aryl methyl sites for hydroxylation is 4. The number of carbonyl (C=O) groups excluding carboxylic acids is 6. The third-order valence-electron chi connectivity index (χ3n) is 26.8. The van der Waals surface area contributed by atoms with Crippen molar-refractivity contribution in [1.82, 2.24) is 90.6 Å². The third-order valence-corrected chi connectivity index (χ3v) is 28.0. The molecule has 34 heteroatoms. The number of aromatic amines is 4. The van der Waals surface area contributed by atoms with Crippen LogP contribution in [-0.2, 0) is 94.0 Å². The number of Topliss-reactive ketones (excluding diaryl/α,β-unsaturated/α-hetero) is 1. The number of benzene rings is 9. The van der Waals surface area contributed by atoms with Crippen molar-refractivity contribution in [2.24, 2.45) is 0 Å². The Labute approximate surface area is 864 Å². The van der Waals surface area contributed by atoms with Crippen molar-refractivity contribution in [1.29, 1.82) is 0 Å². The molecule has 13 aromatic rings. The summed E-state index contributed by atoms with van der Waals surface area (Å²) in [6.07, 6.45) is 9.01. The zero-order valence-electron chi connectivity index (χ0n) is 82.7. The first-order chi connectivity index (χ1) is 67.2. The molecule has 0 bridgehead atoms. The van der Waals surface area contributed by atoms with Gasteiger partial charge in [-0.15, -0.1) is 12.4 Å². The molecule has 143 heavy (non-hydrogen) atoms. The summed E-state index contributed by atoms with van der Waals surface area (Å²) in [5.41, 5.74) is 29.7. The zero-order chi connectivity index (χ0) is 100. The van der Waals surface area contributed by atoms with Gasteiger partial charge in [-0.25, -0.2) is 14.4 Å². The van der Waals surface area contributed by atoms with E-state index in [1.165, 1.54) is 132 Å². The minimum atomic E-state index is -1.44. The van der Waals surface area contributed by atoms with Crippen LogP contribution in [0.4, 0.5) is 14.4 Å². The van der Waals surface area contributed by atoms with Crippen LogP contribution in [-0.4, -0.2) is 239 Å². The Bertz CT molecular complexity index is 6850. The number of ether oxygens (including phenoxy) is 3. The van der Waals surface area contributed by atoms with Crippen LogP contribution in [0.1, 0.15) is 148 Å². The number of nitrogens with zero attached hydrogens (tertiary/aromatic N) is 12. The fourth-order valence-corrected chi connectivity index (χ4v) is 19.9. The second-order valence-corrected chi connectivity index (χ2v) is 42.8. The number of hydrogen-bond donors (Lipinski definition) is 8. The summed E-state index contributed by atoms with van der Waals surface area (Å²) >= 11 is 11.7. The van der Waals surface area contributed by atoms with Gasteiger partial charge >= 0.3 is 25.4 Å². The maximum absolute atomic E-state index is 12.2. The van der Waals surface area contributed by atoms with Crippen LogP contribution in [0.2, 0.25) is 0 Å². The number of H-pyrrole nitrogens is 4. The molecule has 10 aliphatic heterocycles. The first kappa shape index (κ1) is 107. The van der Waals surface area contributed by atoms with Gasteiger partial charge in [-0.1, -0.05) is 131 Å². The fraction of sp³-hybridized carbons (Fsp3) is 0.376. The number of aromatic nitrogens is 8. The normalized spacial score (nSPS) is 16.4. The molecule has 0 unspecified atom stereocenters. The Morgan fingerprint density at radius 3 is 1.05 bits per heavy atom. The first-order valence-corrected chi connectivity index (χ1v) is 49.8. The van der Waals surface area contributed by atoms with E-state index in [0.717, 1.165) is 167 Å². The molecule has 0 saturated carbocycles. The number of ketones is 1. The Hall–Kier alpha value is -11.8. The van der Waals surface area contributed by atoms with E-state index in [0.29, 0.717) is 29.6 Å². The van der Waals surface area contributed by atoms with E-state index in [-0.39, 0.29) is 56.8 Å². The smallest absolute Gasteiger partial charge is 0.444 e. The van der Waals surface area contributed by atoms with Gasteiger partial charge in [-0.2, -0.15) is 20.4 Å². The van der Waals surface area contributed by atoms with Crippen LogP contribution in [0.3, 0.4) is 0 Å². The van der Waals surface area contributed by atoms with Gasteiger partial charge in [0, 0.05) is 172 Å². The lowest BCUT2D eigenvalue weighted by molar-refractivity contribution is -0.133. The lowest BCUT2D eigenvalue weighted by Crippen LogP contribution is -2.60. The standard InChI is InChI=1S/C24H28N4O2.C22H22N4O.C19H20N4.C16H21BrN2O2.C8H9BN2O2.C8H8BrN.C8H13NO3.C3H3ClO.CH4.ClH/c1-15-5-8-21-20(10-25-26-21)22(15)16-6-7-17-11-27(12-18(17)9-16)19-13-28(14-19)23(29)30-24(2,3)4;1-3-21(27)26-12-18(13-26)25-10-16-6-5-15(8-17(16)11-25)22-14(2)4-7-20-19(22)9-23-24-20;1-12-2-5-18-17(9-21-22-18)19(12)13-3-4-14-10-23(11-15(14)6-13)16-7-20-8-16;1-16(2,3)21-15(20)19-9-14(10-19)18-7-11-4-5-13(17)6-12(11)8-18;1-5-2-3-7-6(4-10-11-7)8(5)9(12)13;9-8-2-1-6-4-10-5-7(6)3-8;1-8(2,3)12-7(11)9-4-6(10)5-9;1-2-3(4)5;;/h5-10,19H,11-14H2,1-4H3,(H,25,26);3-9,18H,1,10-13H2,2H3,(H,23,24);2-6,9,16,20H,7-8,10-11H2,1H3,(H,21,22);4-6,14H,7-10H2,1-3H3;2-4,12-13H,1H3,(H,10,11);1-3,10H,4-5H2;4-5H2,1-3H3;2H,1H2;1H4;1H. The monoisotopic (exact) mass is 2100 g/mol. The number of amides is 4. The van der Waals surface area contributed by atoms with E-state index in [4.69, 9.17) is 35.9 Å². The SMILES string of the molecule is Brc1ccc2c(c1)CNC2.C.C=CC(=O)Cl.C=CC(=O)N1CC(N2Cc3ccc(-c4c(C)ccc5[nH]ncc45)cc3C2)C1.CC(C)(C)OC(=O)N1CC(=O)C1.CC(C)(C)OC(=O)N1CC(N2Cc3ccc(Br)cc3C2)C1.Cc1ccc2[nH]ncc2c1-c1ccc2c(c1)CN(C1CN(C(=O)OC(C)(C)C)C1)C2.Cc1ccc2[nH]ncc2c1-c1ccc2c(c1)CN(C1CNC1)C2.Cc1ccc2[nH]ncc2c1B(O)O.Cl. The van der Waals surface area contributed by atoms with Crippen molar-refractivity contribution in [2.45, 2.75) is 204 Å². The van der Waals surface area contributed by atoms with Gasteiger partial charge in [0.25, 0.3) is 0 Å². The van der Waals surface area contributed by atoms with Crippen molar-refractivity contribution >= 4 is 147 Å². The zero-order valence-corrected chi connectivity index (χ0v) is 87.4. The molecule has 0 spiro atoms. The summed E-state index contributed by atoms with van der Waals surface area (Å²) in [7, 11) is -1.44. The Balaban J connectivity index is 0.000000134. The van der Waals surface area contributed by atoms with Crippen LogP contribution >= 0.6 is 55.9 Å². The molecule has 9 aromatic carbocycles. The van der Waals surface area contributed by atoms with Gasteiger partial charge in [0.05, 0.1) is 59.9 Å². The Kier molecular flexibility index (Phi) is 34.2. The van der Waals surface area contributed by atoms with Gasteiger partial charge in [0.1, 0.15) is 16.8 Å². The molecule has 10 aliphatic rings. The lowest BCUT2D eigenvalue weighted by atomic mass is 9.75. The fourth-order valence-electron chi connectivity index (χ4n) is 19.1. The lowest BCUT2D eigenvalue weighted by Gasteiger charge is -2.44. The molecule has 8 N–H and O–H groups in total. The Morgan fingerprint density at radius 2 is 0.706 bits per heavy atom. The number of allylic oxidation sites excluding steroid dienone is 1. The number of carbonyl (C=O) groups is 6. The number of nitrogens with one attached hydrogen (secondary N) is 6. The van der Waals surface area contributed by atoms with E-state index in [1.807, 2.05) is 84.1 Å². The maximum atomic E-state index is 12.2. The van der Waals surface area contributed by atoms with Crippen LogP contribution in [0.15, 0.2) is 199 Å². The van der Waals surface area contributed by atoms with Crippen molar-refractivity contribution in [3.8, 4) is 33.4 Å². The third kappa shape index (κ3) is 25.8. The highest BCUT2D eigenvalue weighted by molar-refractivity contribution is 9.10. The summed E-state index contributed by atoms with van der Waals surface area (Å²) < 4.78 is 18.2. The van der Waals surface area contributed by atoms with Crippen LogP contribution in [0.5, 0.6) is 0 Å². The van der Waals surface area contributed by atoms with Crippen molar-refractivity contribution < 1.29 is 53.0 Å². The summed E-state index contributed by atoms with van der Waals surface area (Å²) in [5, 5.41) is 57.2. The molecule has 0 atom stereocenters. The Morgan fingerprint density at radius 1 is 0.399 bits per heavy atom. The van der Waals surface area contributed by atoms with Crippen molar-refractivity contribution in [2.75, 3.05) is 65.4 Å². The molecule has 4 amide bonds. The molecule has 752 valence electrons. The van der Waals surface area contributed by atoms with Gasteiger partial charge in [0.2, 0.25) is 11.1 Å². The molecule has 29 nitrogen and oxygen atoms in total. The van der Waals surface area contributed by atoms with Gasteiger partial charge < -0.3 is 49.6 Å². The largest absolute Gasteiger partial charge is 0.489 e. The summed E-state index contributed by atoms with van der Waals surface area (Å²) in [4.78, 5) is 83.8. The second-order valence-electron chi connectivity index (χ2n) is 40.6. The second kappa shape index (κ2) is 45.7. The maximum Gasteiger partial charge on any atom is 0.489 e. The predicted octanol–water partition coefficient (Wildman–Crippen LogP) is 18.3. The predicted molar refractivity (Wildman–Crippen MR) is 574 cm³/mol. The topological polar surface area (TPSA) is 335 Å². The first-order valence-electron chi connectivity index (χ1n) is 47.8. The number of fused-ring (bicyclic) bond motifs is 9. The van der Waals surface area contributed by atoms with Crippen LogP contribution in [0, 0.1) is 27.7 Å². The quantitative estimate of drug-likeness (QED) is 0.0273. The van der Waals surface area contributed by atoms with E-state index in [9.17, 15) is 28.8 Å². The van der Waals surface area contributed by atoms with Gasteiger partial charge in [0.15, 0.2) is 5.78 Å². The molecule has 23 rings (SSSR count). The highest BCUT2D eigenvalue weighted by Crippen LogP contribution is 2.41. The average molecular weight is 2110 g/mol. The van der Waals surface area contributed by atoms with E-state index < -0.39 is 35.3 Å². The molecule has 14 heterocycles. The number of halogens is 4. The van der Waals surface area contributed by atoms with Crippen molar-refractivity contribution in [3.63, 3.8) is 0 Å². The summed E-state index contributed by atoms with van der Waals surface area (Å²) in [6, 6.07) is 52.0. The summed E-state index contributed by atoms with van der Waals surface area (Å²) in [5.74, 6) is 0.120. The molecule has 5 fully saturated rings. The molecular formula is C109H129BBr2Cl2N18O11. The molecular weight excluding hydrogens is 1980 g/mol. The van der Waals surface area contributed by atoms with E-state index >= 15 is 0 Å². The van der Waals surface area contributed by atoms with Crippen LogP contribution < -0.4 is 16.1 Å². The molecule has 0 aliphatic carbocycles. The summed E-state index contributed by atoms with van der Waals surface area (Å²) in [6.45, 7) is 49.0. The number of rotatable bonds is 10. The molecule has 4 aromatic heterocycles. The highest BCUT2D eigenvalue weighted by Gasteiger charge is 2.43. The molecule has 5 saturated heterocycles.